The molecule has 0 bridgehead atoms. The van der Waals surface area contributed by atoms with Gasteiger partial charge >= 0.3 is 0 Å². The van der Waals surface area contributed by atoms with Crippen molar-refractivity contribution in [3.05, 3.63) is 227 Å². The van der Waals surface area contributed by atoms with Crippen LogP contribution in [-0.4, -0.2) is 37.0 Å². The Balaban J connectivity index is 0.955. The highest BCUT2D eigenvalue weighted by Gasteiger charge is 2.57. The summed E-state index contributed by atoms with van der Waals surface area (Å²) in [5, 5.41) is 5.48. The van der Waals surface area contributed by atoms with E-state index in [1.54, 1.807) is 0 Å². The molecule has 0 amide bonds. The number of anilines is 4. The average Bonchev–Trinajstić information content (AvgIpc) is 1.45. The number of thiophene rings is 1. The number of rotatable bonds is 7. The van der Waals surface area contributed by atoms with Crippen molar-refractivity contribution in [1.82, 2.24) is 0 Å². The molecule has 4 heterocycles. The molecule has 6 heteroatoms. The summed E-state index contributed by atoms with van der Waals surface area (Å²) >= 11 is 1.94. The Labute approximate surface area is 546 Å². The molecule has 8 aromatic rings. The third-order valence-corrected chi connectivity index (χ3v) is 23.4. The van der Waals surface area contributed by atoms with Crippen molar-refractivity contribution in [1.29, 1.82) is 0 Å². The van der Waals surface area contributed by atoms with E-state index in [1.807, 2.05) is 11.3 Å². The van der Waals surface area contributed by atoms with Crippen LogP contribution in [0.25, 0.3) is 47.6 Å². The van der Waals surface area contributed by atoms with E-state index in [9.17, 15) is 0 Å². The molecular formula is C85H90BN3OS. The molecule has 1 saturated carbocycles. The van der Waals surface area contributed by atoms with Gasteiger partial charge in [-0.15, -0.1) is 11.3 Å². The second-order valence-electron chi connectivity index (χ2n) is 33.2. The third-order valence-electron chi connectivity index (χ3n) is 22.3. The van der Waals surface area contributed by atoms with E-state index in [1.165, 1.54) is 127 Å². The molecule has 91 heavy (non-hydrogen) atoms. The van der Waals surface area contributed by atoms with Gasteiger partial charge in [-0.1, -0.05) is 242 Å². The second kappa shape index (κ2) is 20.5. The van der Waals surface area contributed by atoms with Gasteiger partial charge in [0, 0.05) is 84.2 Å². The number of hydrogen-bond donors (Lipinski definition) is 0. The van der Waals surface area contributed by atoms with Crippen molar-refractivity contribution in [2.24, 2.45) is 28.6 Å². The highest BCUT2D eigenvalue weighted by Crippen LogP contribution is 2.58. The standard InChI is InChI=1S/C85H90BN3OS/c1-81(2,3)50-26-34-55(35-27-50)87(56-36-28-51(29-37-56)82(4,5)6)59-46-66-65-49-75-77(63-20-16-17-25-74(63)91-75)64-22-18-23-69(76(64)65)86-68-43-40-58(88(57-38-30-52(31-39-57)83(7,8)9)79-61-42-33-53(44-67(61)79)84(10,11)12)47-71(68)89(72(48-59)78(66)86)70-24-19-21-62-60-41-32-54(85(13,14)15)45-73(60)90-80(62)70/h16-36,38-43,45-46,48-49,53,56,61,67,70-71,79-80H,37,44,47H2,1-15H3. The van der Waals surface area contributed by atoms with Crippen LogP contribution in [0.4, 0.5) is 22.7 Å². The summed E-state index contributed by atoms with van der Waals surface area (Å²) in [6, 6.07) is 50.9. The Morgan fingerprint density at radius 1 is 0.571 bits per heavy atom. The maximum absolute atomic E-state index is 7.60. The minimum Gasteiger partial charge on any atom is -0.483 e. The van der Waals surface area contributed by atoms with Gasteiger partial charge in [-0.3, -0.25) is 0 Å². The number of allylic oxidation sites excluding steroid dienone is 7. The molecule has 0 spiro atoms. The molecule has 8 unspecified atom stereocenters. The van der Waals surface area contributed by atoms with E-state index in [2.05, 4.69) is 307 Å². The predicted molar refractivity (Wildman–Crippen MR) is 392 cm³/mol. The summed E-state index contributed by atoms with van der Waals surface area (Å²) < 4.78 is 10.3. The second-order valence-corrected chi connectivity index (χ2v) is 34.3. The van der Waals surface area contributed by atoms with E-state index in [4.69, 9.17) is 4.74 Å². The SMILES string of the molecule is CC(C)(C)C1=CCC(N(c2ccc(C(C)(C)C)cc2)c2cc3c4c(c2)N(C2C=CC=C5c6ccc(C(C)(C)C)cc6OC52)C2CC(N(c5ccc(C(C)(C)C)cc5)C5C6C=CC(C(C)(C)C)CC65)=CC=C2B4c2cccc4c2c-3cc2sc3ccccc3c24)C=C1. The summed E-state index contributed by atoms with van der Waals surface area (Å²) in [6.45, 7) is 35.3. The lowest BCUT2D eigenvalue weighted by Crippen LogP contribution is -2.64. The first-order valence-corrected chi connectivity index (χ1v) is 34.9. The molecule has 7 aromatic carbocycles. The van der Waals surface area contributed by atoms with Gasteiger partial charge in [0.15, 0.2) is 0 Å². The van der Waals surface area contributed by atoms with E-state index in [-0.39, 0.29) is 58.0 Å². The first-order chi connectivity index (χ1) is 43.3. The Kier molecular flexibility index (Phi) is 13.2. The predicted octanol–water partition coefficient (Wildman–Crippen LogP) is 20.6. The van der Waals surface area contributed by atoms with Crippen molar-refractivity contribution in [2.45, 2.75) is 170 Å². The van der Waals surface area contributed by atoms with Crippen molar-refractivity contribution in [3.63, 3.8) is 0 Å². The van der Waals surface area contributed by atoms with Gasteiger partial charge in [-0.25, -0.2) is 0 Å². The highest BCUT2D eigenvalue weighted by atomic mass is 32.1. The molecule has 460 valence electrons. The van der Waals surface area contributed by atoms with E-state index in [0.29, 0.717) is 23.8 Å². The molecule has 1 fully saturated rings. The molecule has 8 atom stereocenters. The molecule has 1 aromatic heterocycles. The molecule has 16 rings (SSSR count). The van der Waals surface area contributed by atoms with Crippen LogP contribution in [0.1, 0.15) is 145 Å². The summed E-state index contributed by atoms with van der Waals surface area (Å²) in [7, 11) is 0. The smallest absolute Gasteiger partial charge is 0.243 e. The van der Waals surface area contributed by atoms with Gasteiger partial charge in [0.1, 0.15) is 11.9 Å². The van der Waals surface area contributed by atoms with Crippen LogP contribution < -0.4 is 30.4 Å². The van der Waals surface area contributed by atoms with Gasteiger partial charge in [0.25, 0.3) is 0 Å². The Morgan fingerprint density at radius 3 is 1.95 bits per heavy atom. The largest absolute Gasteiger partial charge is 0.483 e. The topological polar surface area (TPSA) is 19.0 Å². The van der Waals surface area contributed by atoms with Crippen molar-refractivity contribution < 1.29 is 4.74 Å². The lowest BCUT2D eigenvalue weighted by Gasteiger charge is -2.52. The highest BCUT2D eigenvalue weighted by molar-refractivity contribution is 7.26. The molecular weight excluding hydrogens is 1120 g/mol. The van der Waals surface area contributed by atoms with Crippen LogP contribution >= 0.6 is 11.3 Å². The van der Waals surface area contributed by atoms with Crippen LogP contribution in [0.5, 0.6) is 5.75 Å². The summed E-state index contributed by atoms with van der Waals surface area (Å²) in [4.78, 5) is 8.45. The first kappa shape index (κ1) is 58.5. The minimum atomic E-state index is -0.228. The molecule has 8 aliphatic rings. The van der Waals surface area contributed by atoms with Gasteiger partial charge in [0.05, 0.1) is 12.1 Å². The van der Waals surface area contributed by atoms with Crippen molar-refractivity contribution in [2.75, 3.05) is 14.7 Å². The molecule has 0 radical (unpaired) electrons. The molecule has 3 aliphatic heterocycles. The van der Waals surface area contributed by atoms with Crippen molar-refractivity contribution in [3.8, 4) is 16.9 Å². The summed E-state index contributed by atoms with van der Waals surface area (Å²) in [5.41, 5.74) is 21.6. The monoisotopic (exact) mass is 1210 g/mol. The van der Waals surface area contributed by atoms with Crippen LogP contribution in [0, 0.1) is 28.6 Å². The number of benzene rings is 7. The van der Waals surface area contributed by atoms with Gasteiger partial charge in [-0.2, -0.15) is 0 Å². The van der Waals surface area contributed by atoms with E-state index < -0.39 is 0 Å². The average molecular weight is 1210 g/mol. The molecule has 4 nitrogen and oxygen atoms in total. The zero-order chi connectivity index (χ0) is 63.2. The number of fused-ring (bicyclic) bond motifs is 12. The van der Waals surface area contributed by atoms with Gasteiger partial charge < -0.3 is 19.4 Å². The number of ether oxygens (including phenoxy) is 1. The van der Waals surface area contributed by atoms with Crippen molar-refractivity contribution >= 4 is 88.2 Å². The Bertz CT molecular complexity index is 4560. The maximum atomic E-state index is 7.60. The molecule has 5 aliphatic carbocycles. The van der Waals surface area contributed by atoms with Crippen LogP contribution in [0.2, 0.25) is 0 Å². The third kappa shape index (κ3) is 9.55. The Morgan fingerprint density at radius 2 is 1.26 bits per heavy atom. The molecule has 0 N–H and O–H groups in total. The zero-order valence-electron chi connectivity index (χ0n) is 56.4. The Hall–Kier alpha value is -7.54. The fourth-order valence-corrected chi connectivity index (χ4v) is 18.3. The number of hydrogen-bond acceptors (Lipinski definition) is 5. The fraction of sp³-hybridized carbons (Fsp3) is 0.365. The van der Waals surface area contributed by atoms with Crippen LogP contribution in [0.3, 0.4) is 0 Å². The number of nitrogens with zero attached hydrogens (tertiary/aromatic N) is 3. The maximum Gasteiger partial charge on any atom is 0.243 e. The zero-order valence-corrected chi connectivity index (χ0v) is 57.2. The summed E-state index contributed by atoms with van der Waals surface area (Å²) in [5.74, 6) is 2.62. The minimum absolute atomic E-state index is 0.0120. The lowest BCUT2D eigenvalue weighted by molar-refractivity contribution is 0.248. The van der Waals surface area contributed by atoms with E-state index >= 15 is 0 Å². The first-order valence-electron chi connectivity index (χ1n) is 34.1. The summed E-state index contributed by atoms with van der Waals surface area (Å²) in [6.07, 6.45) is 27.8. The van der Waals surface area contributed by atoms with E-state index in [0.717, 1.165) is 18.6 Å². The van der Waals surface area contributed by atoms with Gasteiger partial charge in [-0.05, 0) is 162 Å². The lowest BCUT2D eigenvalue weighted by atomic mass is 9.30. The normalized spacial score (nSPS) is 23.8. The van der Waals surface area contributed by atoms with Gasteiger partial charge in [0.2, 0.25) is 6.71 Å². The van der Waals surface area contributed by atoms with Crippen LogP contribution in [-0.2, 0) is 16.2 Å². The van der Waals surface area contributed by atoms with Crippen LogP contribution in [0.15, 0.2) is 205 Å². The quantitative estimate of drug-likeness (QED) is 0.117. The molecule has 0 saturated heterocycles. The fourth-order valence-electron chi connectivity index (χ4n) is 17.1.